The number of ether oxygens (including phenoxy) is 1. The fraction of sp³-hybridized carbons (Fsp3) is 0.900. The summed E-state index contributed by atoms with van der Waals surface area (Å²) >= 11 is 0. The van der Waals surface area contributed by atoms with Gasteiger partial charge in [0.1, 0.15) is 6.54 Å². The summed E-state index contributed by atoms with van der Waals surface area (Å²) in [6.45, 7) is 5.09. The van der Waals surface area contributed by atoms with Crippen molar-refractivity contribution < 1.29 is 9.53 Å². The number of nitrogens with one attached hydrogen (secondary N) is 2. The second-order valence-electron chi connectivity index (χ2n) is 8.09. The Morgan fingerprint density at radius 3 is 2.43 bits per heavy atom. The number of piperidine rings is 1. The molecule has 2 aliphatic rings. The Hall–Kier alpha value is -0.610. The Kier molecular flexibility index (Phi) is 13.1. The van der Waals surface area contributed by atoms with Crippen LogP contribution in [0.5, 0.6) is 0 Å². The van der Waals surface area contributed by atoms with Crippen LogP contribution in [0.1, 0.15) is 44.9 Å². The van der Waals surface area contributed by atoms with Gasteiger partial charge in [-0.05, 0) is 31.6 Å². The molecule has 1 saturated carbocycles. The van der Waals surface area contributed by atoms with E-state index in [0.717, 1.165) is 57.5 Å². The monoisotopic (exact) mass is 509 g/mol. The Balaban J connectivity index is 0.00000392. The Morgan fingerprint density at radius 2 is 1.82 bits per heavy atom. The average molecular weight is 509 g/mol. The minimum absolute atomic E-state index is 0. The SMILES string of the molecule is COCCN1CCC(NC(=NCC(=O)N(C)C)NCC2CCCCC2)CC1.I. The van der Waals surface area contributed by atoms with Crippen molar-refractivity contribution >= 4 is 35.8 Å². The van der Waals surface area contributed by atoms with Crippen molar-refractivity contribution in [2.24, 2.45) is 10.9 Å². The first kappa shape index (κ1) is 25.4. The number of carbonyl (C=O) groups is 1. The molecule has 1 saturated heterocycles. The minimum Gasteiger partial charge on any atom is -0.383 e. The van der Waals surface area contributed by atoms with Crippen molar-refractivity contribution in [2.75, 3.05) is 60.5 Å². The van der Waals surface area contributed by atoms with Crippen LogP contribution < -0.4 is 10.6 Å². The van der Waals surface area contributed by atoms with Gasteiger partial charge in [-0.3, -0.25) is 4.79 Å². The van der Waals surface area contributed by atoms with Crippen molar-refractivity contribution in [2.45, 2.75) is 51.0 Å². The lowest BCUT2D eigenvalue weighted by Gasteiger charge is -2.33. The summed E-state index contributed by atoms with van der Waals surface area (Å²) in [6.07, 6.45) is 8.83. The quantitative estimate of drug-likeness (QED) is 0.297. The average Bonchev–Trinajstić information content (AvgIpc) is 2.69. The number of hydrogen-bond acceptors (Lipinski definition) is 4. The van der Waals surface area contributed by atoms with E-state index in [4.69, 9.17) is 4.74 Å². The molecule has 0 radical (unpaired) electrons. The molecule has 28 heavy (non-hydrogen) atoms. The summed E-state index contributed by atoms with van der Waals surface area (Å²) in [4.78, 5) is 20.5. The molecule has 7 nitrogen and oxygen atoms in total. The van der Waals surface area contributed by atoms with E-state index in [2.05, 4.69) is 20.5 Å². The van der Waals surface area contributed by atoms with Gasteiger partial charge in [-0.2, -0.15) is 0 Å². The third kappa shape index (κ3) is 9.73. The lowest BCUT2D eigenvalue weighted by atomic mass is 9.89. The van der Waals surface area contributed by atoms with E-state index in [1.165, 1.54) is 32.1 Å². The normalized spacial score (nSPS) is 19.8. The lowest BCUT2D eigenvalue weighted by molar-refractivity contribution is -0.127. The van der Waals surface area contributed by atoms with Crippen molar-refractivity contribution in [3.05, 3.63) is 0 Å². The number of guanidine groups is 1. The van der Waals surface area contributed by atoms with Crippen LogP contribution in [0.4, 0.5) is 0 Å². The number of halogens is 1. The number of likely N-dealkylation sites (tertiary alicyclic amines) is 1. The summed E-state index contributed by atoms with van der Waals surface area (Å²) < 4.78 is 5.18. The summed E-state index contributed by atoms with van der Waals surface area (Å²) in [5.41, 5.74) is 0. The number of hydrogen-bond donors (Lipinski definition) is 2. The van der Waals surface area contributed by atoms with Gasteiger partial charge in [-0.1, -0.05) is 19.3 Å². The largest absolute Gasteiger partial charge is 0.383 e. The molecule has 2 fully saturated rings. The van der Waals surface area contributed by atoms with Crippen LogP contribution in [0.15, 0.2) is 4.99 Å². The van der Waals surface area contributed by atoms with Crippen molar-refractivity contribution in [1.82, 2.24) is 20.4 Å². The molecule has 2 N–H and O–H groups in total. The fourth-order valence-corrected chi connectivity index (χ4v) is 3.79. The Labute approximate surface area is 188 Å². The summed E-state index contributed by atoms with van der Waals surface area (Å²) in [5, 5.41) is 7.09. The van der Waals surface area contributed by atoms with E-state index in [9.17, 15) is 4.79 Å². The van der Waals surface area contributed by atoms with Crippen LogP contribution in [0.2, 0.25) is 0 Å². The molecule has 0 aromatic heterocycles. The van der Waals surface area contributed by atoms with Crippen LogP contribution in [0.3, 0.4) is 0 Å². The summed E-state index contributed by atoms with van der Waals surface area (Å²) in [7, 11) is 5.30. The van der Waals surface area contributed by atoms with E-state index >= 15 is 0 Å². The zero-order chi connectivity index (χ0) is 19.5. The van der Waals surface area contributed by atoms with E-state index < -0.39 is 0 Å². The third-order valence-corrected chi connectivity index (χ3v) is 5.69. The first-order valence-corrected chi connectivity index (χ1v) is 10.5. The molecule has 1 heterocycles. The van der Waals surface area contributed by atoms with E-state index in [0.29, 0.717) is 6.04 Å². The number of likely N-dealkylation sites (N-methyl/N-ethyl adjacent to an activating group) is 1. The second-order valence-corrected chi connectivity index (χ2v) is 8.09. The van der Waals surface area contributed by atoms with Gasteiger partial charge >= 0.3 is 0 Å². The predicted molar refractivity (Wildman–Crippen MR) is 125 cm³/mol. The molecule has 0 aromatic rings. The zero-order valence-electron chi connectivity index (χ0n) is 17.9. The van der Waals surface area contributed by atoms with Crippen LogP contribution in [0, 0.1) is 5.92 Å². The van der Waals surface area contributed by atoms with Crippen LogP contribution in [0.25, 0.3) is 0 Å². The summed E-state index contributed by atoms with van der Waals surface area (Å²) in [5.74, 6) is 1.56. The lowest BCUT2D eigenvalue weighted by Crippen LogP contribution is -2.50. The molecule has 8 heteroatoms. The van der Waals surface area contributed by atoms with Gasteiger partial charge in [-0.25, -0.2) is 4.99 Å². The predicted octanol–water partition coefficient (Wildman–Crippen LogP) is 1.92. The standard InChI is InChI=1S/C20H39N5O2.HI/c1-24(2)19(26)16-22-20(21-15-17-7-5-4-6-8-17)23-18-9-11-25(12-10-18)13-14-27-3;/h17-18H,4-16H2,1-3H3,(H2,21,22,23);1H. The highest BCUT2D eigenvalue weighted by molar-refractivity contribution is 14.0. The number of nitrogens with zero attached hydrogens (tertiary/aromatic N) is 3. The zero-order valence-corrected chi connectivity index (χ0v) is 20.2. The number of amides is 1. The van der Waals surface area contributed by atoms with Gasteiger partial charge in [-0.15, -0.1) is 24.0 Å². The van der Waals surface area contributed by atoms with Crippen LogP contribution in [-0.4, -0.2) is 88.2 Å². The number of aliphatic imine (C=N–C) groups is 1. The van der Waals surface area contributed by atoms with Gasteiger partial charge in [0.2, 0.25) is 5.91 Å². The molecule has 0 spiro atoms. The fourth-order valence-electron chi connectivity index (χ4n) is 3.79. The molecule has 1 aliphatic heterocycles. The van der Waals surface area contributed by atoms with E-state index in [-0.39, 0.29) is 36.4 Å². The topological polar surface area (TPSA) is 69.2 Å². The number of carbonyl (C=O) groups excluding carboxylic acids is 1. The molecule has 1 amide bonds. The van der Waals surface area contributed by atoms with Gasteiger partial charge in [0.15, 0.2) is 5.96 Å². The van der Waals surface area contributed by atoms with Crippen LogP contribution >= 0.6 is 24.0 Å². The maximum absolute atomic E-state index is 11.9. The molecule has 2 rings (SSSR count). The second kappa shape index (κ2) is 14.4. The molecule has 0 unspecified atom stereocenters. The van der Waals surface area contributed by atoms with Gasteiger partial charge in [0.25, 0.3) is 0 Å². The molecular formula is C20H40IN5O2. The van der Waals surface area contributed by atoms with E-state index in [1.54, 1.807) is 26.1 Å². The molecule has 0 bridgehead atoms. The summed E-state index contributed by atoms with van der Waals surface area (Å²) in [6, 6.07) is 0.413. The van der Waals surface area contributed by atoms with Crippen molar-refractivity contribution in [3.8, 4) is 0 Å². The Bertz CT molecular complexity index is 462. The highest BCUT2D eigenvalue weighted by Gasteiger charge is 2.21. The third-order valence-electron chi connectivity index (χ3n) is 5.69. The van der Waals surface area contributed by atoms with Gasteiger partial charge < -0.3 is 25.2 Å². The first-order chi connectivity index (χ1) is 13.1. The molecule has 1 aliphatic carbocycles. The smallest absolute Gasteiger partial charge is 0.243 e. The highest BCUT2D eigenvalue weighted by Crippen LogP contribution is 2.22. The Morgan fingerprint density at radius 1 is 1.14 bits per heavy atom. The van der Waals surface area contributed by atoms with Crippen LogP contribution in [-0.2, 0) is 9.53 Å². The first-order valence-electron chi connectivity index (χ1n) is 10.5. The molecule has 0 atom stereocenters. The van der Waals surface area contributed by atoms with Crippen molar-refractivity contribution in [1.29, 1.82) is 0 Å². The van der Waals surface area contributed by atoms with Gasteiger partial charge in [0.05, 0.1) is 6.61 Å². The molecule has 164 valence electrons. The van der Waals surface area contributed by atoms with Crippen molar-refractivity contribution in [3.63, 3.8) is 0 Å². The maximum atomic E-state index is 11.9. The minimum atomic E-state index is 0. The molecule has 0 aromatic carbocycles. The number of methoxy groups -OCH3 is 1. The van der Waals surface area contributed by atoms with E-state index in [1.807, 2.05) is 0 Å². The maximum Gasteiger partial charge on any atom is 0.243 e. The highest BCUT2D eigenvalue weighted by atomic mass is 127. The van der Waals surface area contributed by atoms with Gasteiger partial charge in [0, 0.05) is 53.4 Å². The molecular weight excluding hydrogens is 469 g/mol. The number of rotatable bonds is 8.